The van der Waals surface area contributed by atoms with Crippen LogP contribution in [0.2, 0.25) is 0 Å². The molecule has 0 spiro atoms. The van der Waals surface area contributed by atoms with Crippen LogP contribution in [0.5, 0.6) is 5.75 Å². The molecule has 0 radical (unpaired) electrons. The minimum atomic E-state index is -4.09. The van der Waals surface area contributed by atoms with Crippen LogP contribution in [0, 0.1) is 12.7 Å². The normalized spacial score (nSPS) is 15.9. The van der Waals surface area contributed by atoms with Crippen LogP contribution >= 0.6 is 0 Å². The molecule has 0 bridgehead atoms. The Morgan fingerprint density at radius 2 is 1.66 bits per heavy atom. The Morgan fingerprint density at radius 3 is 2.38 bits per heavy atom. The van der Waals surface area contributed by atoms with E-state index in [1.807, 2.05) is 6.92 Å². The summed E-state index contributed by atoms with van der Waals surface area (Å²) in [6, 6.07) is 19.1. The van der Waals surface area contributed by atoms with Crippen LogP contribution in [-0.4, -0.2) is 14.1 Å². The van der Waals surface area contributed by atoms with E-state index in [9.17, 15) is 12.8 Å². The van der Waals surface area contributed by atoms with Crippen molar-refractivity contribution in [3.8, 4) is 5.75 Å². The molecule has 0 saturated heterocycles. The first-order valence-corrected chi connectivity index (χ1v) is 10.2. The predicted octanol–water partition coefficient (Wildman–Crippen LogP) is 4.68. The van der Waals surface area contributed by atoms with Gasteiger partial charge in [-0.1, -0.05) is 47.1 Å². The molecule has 0 atom stereocenters. The van der Waals surface area contributed by atoms with Crippen LogP contribution in [0.25, 0.3) is 6.08 Å². The number of hydrogen-bond acceptors (Lipinski definition) is 5. The van der Waals surface area contributed by atoms with E-state index < -0.39 is 10.1 Å². The zero-order chi connectivity index (χ0) is 20.4. The SMILES string of the molecule is Cc1ccc(S(=O)(=O)O/N=C2/C(=C\c3ccc(F)cc3)Oc3ccccc32)cc1. The monoisotopic (exact) mass is 409 g/mol. The lowest BCUT2D eigenvalue weighted by atomic mass is 10.1. The van der Waals surface area contributed by atoms with Gasteiger partial charge in [-0.15, -0.1) is 0 Å². The standard InChI is InChI=1S/C22H16FNO4S/c1-15-6-12-18(13-7-15)29(25,26)28-24-22-19-4-2-3-5-20(19)27-21(22)14-16-8-10-17(23)11-9-16/h2-14H,1H3/b21-14+,24-22+. The molecule has 4 rings (SSSR count). The first-order chi connectivity index (χ1) is 13.9. The maximum absolute atomic E-state index is 13.2. The number of nitrogens with zero attached hydrogens (tertiary/aromatic N) is 1. The van der Waals surface area contributed by atoms with Crippen molar-refractivity contribution in [3.63, 3.8) is 0 Å². The van der Waals surface area contributed by atoms with E-state index in [-0.39, 0.29) is 16.4 Å². The minimum Gasteiger partial charge on any atom is -0.454 e. The molecule has 0 aromatic heterocycles. The Balaban J connectivity index is 1.71. The zero-order valence-electron chi connectivity index (χ0n) is 15.4. The molecule has 1 aliphatic rings. The van der Waals surface area contributed by atoms with E-state index in [1.54, 1.807) is 54.6 Å². The Hall–Kier alpha value is -3.45. The third-order valence-electron chi connectivity index (χ3n) is 4.30. The number of allylic oxidation sites excluding steroid dienone is 1. The molecular weight excluding hydrogens is 393 g/mol. The van der Waals surface area contributed by atoms with Gasteiger partial charge in [-0.05, 0) is 55.0 Å². The maximum Gasteiger partial charge on any atom is 0.358 e. The van der Waals surface area contributed by atoms with E-state index in [4.69, 9.17) is 9.02 Å². The van der Waals surface area contributed by atoms with E-state index in [2.05, 4.69) is 5.16 Å². The van der Waals surface area contributed by atoms with Crippen molar-refractivity contribution in [1.29, 1.82) is 0 Å². The van der Waals surface area contributed by atoms with E-state index >= 15 is 0 Å². The molecule has 0 N–H and O–H groups in total. The Bertz CT molecular complexity index is 1210. The smallest absolute Gasteiger partial charge is 0.358 e. The maximum atomic E-state index is 13.2. The molecule has 0 amide bonds. The lowest BCUT2D eigenvalue weighted by Crippen LogP contribution is -2.07. The zero-order valence-corrected chi connectivity index (χ0v) is 16.2. The van der Waals surface area contributed by atoms with Gasteiger partial charge in [-0.25, -0.2) is 4.39 Å². The Labute approximate surface area is 167 Å². The van der Waals surface area contributed by atoms with Gasteiger partial charge in [0.1, 0.15) is 16.5 Å². The highest BCUT2D eigenvalue weighted by Crippen LogP contribution is 2.32. The van der Waals surface area contributed by atoms with Gasteiger partial charge >= 0.3 is 10.1 Å². The summed E-state index contributed by atoms with van der Waals surface area (Å²) in [6.45, 7) is 1.86. The van der Waals surface area contributed by atoms with Crippen molar-refractivity contribution in [3.05, 3.63) is 101 Å². The van der Waals surface area contributed by atoms with Crippen molar-refractivity contribution < 1.29 is 21.8 Å². The fraction of sp³-hybridized carbons (Fsp3) is 0.0455. The van der Waals surface area contributed by atoms with Gasteiger partial charge in [0, 0.05) is 0 Å². The number of rotatable bonds is 4. The number of hydrogen-bond donors (Lipinski definition) is 0. The second-order valence-corrected chi connectivity index (χ2v) is 7.97. The quantitative estimate of drug-likeness (QED) is 0.587. The molecule has 1 aliphatic heterocycles. The van der Waals surface area contributed by atoms with Crippen LogP contribution in [0.4, 0.5) is 4.39 Å². The third-order valence-corrected chi connectivity index (χ3v) is 5.42. The predicted molar refractivity (Wildman–Crippen MR) is 107 cm³/mol. The third kappa shape index (κ3) is 4.05. The van der Waals surface area contributed by atoms with E-state index in [0.717, 1.165) is 5.56 Å². The van der Waals surface area contributed by atoms with Crippen LogP contribution in [0.3, 0.4) is 0 Å². The lowest BCUT2D eigenvalue weighted by Gasteiger charge is -2.04. The average molecular weight is 409 g/mol. The number of oxime groups is 1. The van der Waals surface area contributed by atoms with Crippen molar-refractivity contribution in [2.45, 2.75) is 11.8 Å². The number of aryl methyl sites for hydroxylation is 1. The topological polar surface area (TPSA) is 65.0 Å². The molecule has 7 heteroatoms. The van der Waals surface area contributed by atoms with E-state index in [0.29, 0.717) is 22.6 Å². The van der Waals surface area contributed by atoms with Crippen molar-refractivity contribution >= 4 is 21.9 Å². The van der Waals surface area contributed by atoms with Crippen LogP contribution in [0.1, 0.15) is 16.7 Å². The molecule has 146 valence electrons. The Kier molecular flexibility index (Phi) is 4.90. The van der Waals surface area contributed by atoms with Crippen molar-refractivity contribution in [2.24, 2.45) is 5.16 Å². The summed E-state index contributed by atoms with van der Waals surface area (Å²) < 4.78 is 48.9. The fourth-order valence-corrected chi connectivity index (χ4v) is 3.52. The molecule has 1 heterocycles. The second kappa shape index (κ2) is 7.52. The largest absolute Gasteiger partial charge is 0.454 e. The first kappa shape index (κ1) is 18.9. The fourth-order valence-electron chi connectivity index (χ4n) is 2.79. The summed E-state index contributed by atoms with van der Waals surface area (Å²) in [6.07, 6.45) is 1.64. The average Bonchev–Trinajstić information content (AvgIpc) is 3.05. The van der Waals surface area contributed by atoms with Crippen LogP contribution in [-0.2, 0) is 14.4 Å². The van der Waals surface area contributed by atoms with E-state index in [1.165, 1.54) is 24.3 Å². The van der Waals surface area contributed by atoms with Crippen LogP contribution in [0.15, 0.2) is 88.6 Å². The van der Waals surface area contributed by atoms with Crippen LogP contribution < -0.4 is 4.74 Å². The molecule has 29 heavy (non-hydrogen) atoms. The molecule has 0 fully saturated rings. The summed E-state index contributed by atoms with van der Waals surface area (Å²) in [5.41, 5.74) is 2.43. The number of fused-ring (bicyclic) bond motifs is 1. The van der Waals surface area contributed by atoms with Crippen molar-refractivity contribution in [1.82, 2.24) is 0 Å². The van der Waals surface area contributed by atoms with Gasteiger partial charge in [0.25, 0.3) is 0 Å². The molecule has 5 nitrogen and oxygen atoms in total. The highest BCUT2D eigenvalue weighted by atomic mass is 32.2. The minimum absolute atomic E-state index is 0.00344. The number of halogens is 1. The summed E-state index contributed by atoms with van der Waals surface area (Å²) >= 11 is 0. The highest BCUT2D eigenvalue weighted by Gasteiger charge is 2.27. The molecule has 3 aromatic carbocycles. The second-order valence-electron chi connectivity index (χ2n) is 6.44. The van der Waals surface area contributed by atoms with Gasteiger partial charge < -0.3 is 4.74 Å². The molecule has 3 aromatic rings. The van der Waals surface area contributed by atoms with Gasteiger partial charge in [0.2, 0.25) is 0 Å². The summed E-state index contributed by atoms with van der Waals surface area (Å²) in [4.78, 5) is 0.00344. The highest BCUT2D eigenvalue weighted by molar-refractivity contribution is 7.86. The summed E-state index contributed by atoms with van der Waals surface area (Å²) in [5.74, 6) is 0.469. The number of para-hydroxylation sites is 1. The molecular formula is C22H16FNO4S. The van der Waals surface area contributed by atoms with Gasteiger partial charge in [-0.3, -0.25) is 4.28 Å². The van der Waals surface area contributed by atoms with Crippen molar-refractivity contribution in [2.75, 3.05) is 0 Å². The number of ether oxygens (including phenoxy) is 1. The van der Waals surface area contributed by atoms with Gasteiger partial charge in [0.05, 0.1) is 5.56 Å². The van der Waals surface area contributed by atoms with Gasteiger partial charge in [-0.2, -0.15) is 8.42 Å². The molecule has 0 aliphatic carbocycles. The molecule has 0 unspecified atom stereocenters. The Morgan fingerprint density at radius 1 is 0.966 bits per heavy atom. The summed E-state index contributed by atoms with van der Waals surface area (Å²) in [7, 11) is -4.09. The number of benzene rings is 3. The van der Waals surface area contributed by atoms with Gasteiger partial charge in [0.15, 0.2) is 11.5 Å². The molecule has 0 saturated carbocycles. The first-order valence-electron chi connectivity index (χ1n) is 8.75. The lowest BCUT2D eigenvalue weighted by molar-refractivity contribution is 0.338. The summed E-state index contributed by atoms with van der Waals surface area (Å²) in [5, 5.41) is 3.89.